The number of benzene rings is 2. The number of nitrogens with one attached hydrogen (secondary N) is 2. The van der Waals surface area contributed by atoms with Crippen LogP contribution in [-0.4, -0.2) is 24.1 Å². The molecule has 1 saturated carbocycles. The van der Waals surface area contributed by atoms with Gasteiger partial charge in [0.05, 0.1) is 17.8 Å². The molecule has 0 bridgehead atoms. The molecule has 2 aliphatic rings. The van der Waals surface area contributed by atoms with Crippen molar-refractivity contribution in [3.63, 3.8) is 0 Å². The van der Waals surface area contributed by atoms with Crippen molar-refractivity contribution in [1.29, 1.82) is 0 Å². The lowest BCUT2D eigenvalue weighted by Gasteiger charge is -2.17. The van der Waals surface area contributed by atoms with Crippen molar-refractivity contribution in [2.24, 2.45) is 5.92 Å². The summed E-state index contributed by atoms with van der Waals surface area (Å²) in [5, 5.41) is 6.10. The SMILES string of the molecule is C/C=C/CNc1ccc(CN2C(=O)C(=O)c3cc(NC(=O)C4CC4)ccc32)cc1. The topological polar surface area (TPSA) is 78.5 Å². The fraction of sp³-hybridized carbons (Fsp3) is 0.261. The Balaban J connectivity index is 1.48. The molecule has 2 aromatic carbocycles. The number of allylic oxidation sites excluding steroid dienone is 1. The van der Waals surface area contributed by atoms with E-state index in [0.29, 0.717) is 23.5 Å². The predicted molar refractivity (Wildman–Crippen MR) is 113 cm³/mol. The van der Waals surface area contributed by atoms with E-state index in [1.54, 1.807) is 18.2 Å². The second-order valence-electron chi connectivity index (χ2n) is 7.36. The molecule has 1 aliphatic carbocycles. The summed E-state index contributed by atoms with van der Waals surface area (Å²) in [5.41, 5.74) is 3.40. The van der Waals surface area contributed by atoms with Crippen LogP contribution < -0.4 is 15.5 Å². The lowest BCUT2D eigenvalue weighted by atomic mass is 10.1. The molecule has 1 heterocycles. The van der Waals surface area contributed by atoms with Gasteiger partial charge in [0.2, 0.25) is 5.91 Å². The summed E-state index contributed by atoms with van der Waals surface area (Å²) in [4.78, 5) is 38.4. The Morgan fingerprint density at radius 3 is 2.52 bits per heavy atom. The first-order valence-corrected chi connectivity index (χ1v) is 9.82. The average Bonchev–Trinajstić information content (AvgIpc) is 3.55. The minimum absolute atomic E-state index is 0.0262. The number of carbonyl (C=O) groups excluding carboxylic acids is 3. The molecule has 1 fully saturated rings. The zero-order valence-electron chi connectivity index (χ0n) is 16.3. The fourth-order valence-corrected chi connectivity index (χ4v) is 3.33. The molecule has 0 radical (unpaired) electrons. The van der Waals surface area contributed by atoms with Crippen LogP contribution in [0.3, 0.4) is 0 Å². The van der Waals surface area contributed by atoms with Crippen LogP contribution in [0.4, 0.5) is 17.1 Å². The van der Waals surface area contributed by atoms with Gasteiger partial charge < -0.3 is 15.5 Å². The van der Waals surface area contributed by atoms with Crippen LogP contribution in [0.15, 0.2) is 54.6 Å². The molecule has 2 N–H and O–H groups in total. The normalized spacial score (nSPS) is 15.7. The molecule has 148 valence electrons. The summed E-state index contributed by atoms with van der Waals surface area (Å²) < 4.78 is 0. The van der Waals surface area contributed by atoms with Crippen molar-refractivity contribution in [3.8, 4) is 0 Å². The summed E-state index contributed by atoms with van der Waals surface area (Å²) in [6.45, 7) is 3.05. The fourth-order valence-electron chi connectivity index (χ4n) is 3.33. The van der Waals surface area contributed by atoms with Crippen molar-refractivity contribution in [2.75, 3.05) is 22.1 Å². The Morgan fingerprint density at radius 2 is 1.83 bits per heavy atom. The Morgan fingerprint density at radius 1 is 1.10 bits per heavy atom. The molecule has 4 rings (SSSR count). The van der Waals surface area contributed by atoms with Crippen molar-refractivity contribution in [3.05, 3.63) is 65.7 Å². The lowest BCUT2D eigenvalue weighted by molar-refractivity contribution is -0.117. The Bertz CT molecular complexity index is 991. The van der Waals surface area contributed by atoms with Crippen molar-refractivity contribution in [2.45, 2.75) is 26.3 Å². The second-order valence-corrected chi connectivity index (χ2v) is 7.36. The quantitative estimate of drug-likeness (QED) is 0.558. The minimum atomic E-state index is -0.541. The van der Waals surface area contributed by atoms with Crippen molar-refractivity contribution < 1.29 is 14.4 Å². The smallest absolute Gasteiger partial charge is 0.299 e. The molecule has 0 spiro atoms. The van der Waals surface area contributed by atoms with Gasteiger partial charge in [-0.05, 0) is 55.7 Å². The third-order valence-electron chi connectivity index (χ3n) is 5.14. The average molecular weight is 389 g/mol. The summed E-state index contributed by atoms with van der Waals surface area (Å²) >= 11 is 0. The van der Waals surface area contributed by atoms with E-state index in [2.05, 4.69) is 10.6 Å². The molecule has 0 atom stereocenters. The van der Waals surface area contributed by atoms with Crippen LogP contribution in [0.5, 0.6) is 0 Å². The van der Waals surface area contributed by atoms with Crippen LogP contribution in [0.1, 0.15) is 35.7 Å². The van der Waals surface area contributed by atoms with Crippen LogP contribution in [-0.2, 0) is 16.1 Å². The van der Waals surface area contributed by atoms with E-state index in [-0.39, 0.29) is 11.8 Å². The molecule has 1 aliphatic heterocycles. The van der Waals surface area contributed by atoms with E-state index in [1.807, 2.05) is 43.3 Å². The predicted octanol–water partition coefficient (Wildman–Crippen LogP) is 3.75. The first-order valence-electron chi connectivity index (χ1n) is 9.82. The Labute approximate surface area is 169 Å². The second kappa shape index (κ2) is 7.91. The Hall–Kier alpha value is -3.41. The highest BCUT2D eigenvalue weighted by molar-refractivity contribution is 6.52. The molecule has 2 aromatic rings. The van der Waals surface area contributed by atoms with Crippen LogP contribution in [0.25, 0.3) is 0 Å². The van der Waals surface area contributed by atoms with Gasteiger partial charge in [-0.1, -0.05) is 24.3 Å². The highest BCUT2D eigenvalue weighted by Crippen LogP contribution is 2.34. The maximum absolute atomic E-state index is 12.5. The number of carbonyl (C=O) groups is 3. The van der Waals surface area contributed by atoms with Gasteiger partial charge in [0, 0.05) is 23.8 Å². The highest BCUT2D eigenvalue weighted by Gasteiger charge is 2.36. The molecule has 0 unspecified atom stereocenters. The van der Waals surface area contributed by atoms with E-state index in [4.69, 9.17) is 0 Å². The van der Waals surface area contributed by atoms with Gasteiger partial charge in [0.1, 0.15) is 0 Å². The third kappa shape index (κ3) is 4.06. The van der Waals surface area contributed by atoms with Crippen molar-refractivity contribution >= 4 is 34.7 Å². The van der Waals surface area contributed by atoms with Gasteiger partial charge in [-0.3, -0.25) is 14.4 Å². The van der Waals surface area contributed by atoms with Gasteiger partial charge in [-0.25, -0.2) is 0 Å². The molecule has 6 nitrogen and oxygen atoms in total. The molecule has 0 aromatic heterocycles. The lowest BCUT2D eigenvalue weighted by Crippen LogP contribution is -2.29. The van der Waals surface area contributed by atoms with Gasteiger partial charge in [-0.2, -0.15) is 0 Å². The van der Waals surface area contributed by atoms with E-state index in [9.17, 15) is 14.4 Å². The van der Waals surface area contributed by atoms with Gasteiger partial charge in [-0.15, -0.1) is 0 Å². The minimum Gasteiger partial charge on any atom is -0.382 e. The zero-order chi connectivity index (χ0) is 20.4. The number of amides is 2. The molecule has 2 amide bonds. The molecule has 0 saturated heterocycles. The number of fused-ring (bicyclic) bond motifs is 1. The van der Waals surface area contributed by atoms with E-state index in [1.165, 1.54) is 4.90 Å². The molecule has 6 heteroatoms. The van der Waals surface area contributed by atoms with Crippen molar-refractivity contribution in [1.82, 2.24) is 0 Å². The van der Waals surface area contributed by atoms with Gasteiger partial charge >= 0.3 is 0 Å². The maximum atomic E-state index is 12.5. The van der Waals surface area contributed by atoms with Gasteiger partial charge in [0.15, 0.2) is 0 Å². The van der Waals surface area contributed by atoms with Crippen LogP contribution in [0.2, 0.25) is 0 Å². The number of anilines is 3. The molecular weight excluding hydrogens is 366 g/mol. The number of Topliss-reactive ketones (excluding diaryl/α,β-unsaturated/α-hetero) is 1. The first-order chi connectivity index (χ1) is 14.1. The number of hydrogen-bond donors (Lipinski definition) is 2. The zero-order valence-corrected chi connectivity index (χ0v) is 16.3. The summed E-state index contributed by atoms with van der Waals surface area (Å²) in [7, 11) is 0. The summed E-state index contributed by atoms with van der Waals surface area (Å²) in [6.07, 6.45) is 5.83. The summed E-state index contributed by atoms with van der Waals surface area (Å²) in [5.74, 6) is -1.03. The van der Waals surface area contributed by atoms with Crippen LogP contribution >= 0.6 is 0 Å². The first kappa shape index (κ1) is 18.9. The third-order valence-corrected chi connectivity index (χ3v) is 5.14. The molecule has 29 heavy (non-hydrogen) atoms. The van der Waals surface area contributed by atoms with E-state index in [0.717, 1.165) is 30.6 Å². The number of nitrogens with zero attached hydrogens (tertiary/aromatic N) is 1. The molecular formula is C23H23N3O3. The van der Waals surface area contributed by atoms with Crippen LogP contribution in [0, 0.1) is 5.92 Å². The largest absolute Gasteiger partial charge is 0.382 e. The monoisotopic (exact) mass is 389 g/mol. The number of hydrogen-bond acceptors (Lipinski definition) is 4. The maximum Gasteiger partial charge on any atom is 0.299 e. The van der Waals surface area contributed by atoms with E-state index < -0.39 is 11.7 Å². The van der Waals surface area contributed by atoms with E-state index >= 15 is 0 Å². The van der Waals surface area contributed by atoms with Gasteiger partial charge in [0.25, 0.3) is 11.7 Å². The highest BCUT2D eigenvalue weighted by atomic mass is 16.2. The number of ketones is 1. The Kier molecular flexibility index (Phi) is 5.16. The number of rotatable bonds is 7. The summed E-state index contributed by atoms with van der Waals surface area (Å²) in [6, 6.07) is 12.9. The standard InChI is InChI=1S/C23H23N3O3/c1-2-3-12-24-17-8-4-15(5-9-17)14-26-20-11-10-18(25-22(28)16-6-7-16)13-19(20)21(27)23(26)29/h2-5,8-11,13,16,24H,6-7,12,14H2,1H3,(H,25,28)/b3-2+.